The van der Waals surface area contributed by atoms with Crippen LogP contribution in [0.3, 0.4) is 0 Å². The molecule has 6 heteroatoms. The number of anilines is 1. The summed E-state index contributed by atoms with van der Waals surface area (Å²) in [5.74, 6) is 0.0525. The zero-order valence-electron chi connectivity index (χ0n) is 10.8. The number of hydrogen-bond acceptors (Lipinski definition) is 5. The molecule has 2 rings (SSSR count). The summed E-state index contributed by atoms with van der Waals surface area (Å²) in [7, 11) is 0. The van der Waals surface area contributed by atoms with Crippen LogP contribution in [0.2, 0.25) is 0 Å². The van der Waals surface area contributed by atoms with Gasteiger partial charge in [-0.1, -0.05) is 11.3 Å². The molecule has 1 aromatic heterocycles. The molecule has 2 heterocycles. The van der Waals surface area contributed by atoms with Crippen molar-refractivity contribution < 1.29 is 9.53 Å². The Labute approximate surface area is 111 Å². The molecule has 1 aliphatic heterocycles. The maximum atomic E-state index is 12.3. The molecule has 0 spiro atoms. The van der Waals surface area contributed by atoms with Gasteiger partial charge in [0.2, 0.25) is 0 Å². The molecule has 1 aliphatic rings. The van der Waals surface area contributed by atoms with Gasteiger partial charge in [0.25, 0.3) is 5.91 Å². The number of ether oxygens (including phenoxy) is 1. The normalized spacial score (nSPS) is 17.1. The maximum Gasteiger partial charge on any atom is 0.265 e. The Kier molecular flexibility index (Phi) is 4.19. The van der Waals surface area contributed by atoms with Crippen molar-refractivity contribution >= 4 is 22.4 Å². The number of nitrogen functional groups attached to an aromatic ring is 1. The summed E-state index contributed by atoms with van der Waals surface area (Å²) in [4.78, 5) is 18.9. The number of rotatable bonds is 3. The minimum Gasteiger partial charge on any atom is -0.378 e. The van der Waals surface area contributed by atoms with Gasteiger partial charge in [-0.05, 0) is 26.7 Å². The Morgan fingerprint density at radius 3 is 2.72 bits per heavy atom. The predicted molar refractivity (Wildman–Crippen MR) is 71.8 cm³/mol. The Hall–Kier alpha value is -1.14. The molecule has 0 aliphatic carbocycles. The van der Waals surface area contributed by atoms with Crippen molar-refractivity contribution in [3.05, 3.63) is 10.6 Å². The summed E-state index contributed by atoms with van der Waals surface area (Å²) in [5, 5.41) is 0.458. The van der Waals surface area contributed by atoms with Gasteiger partial charge < -0.3 is 15.4 Å². The van der Waals surface area contributed by atoms with Crippen molar-refractivity contribution in [3.63, 3.8) is 0 Å². The van der Waals surface area contributed by atoms with Crippen molar-refractivity contribution in [2.45, 2.75) is 32.8 Å². The number of likely N-dealkylation sites (tertiary alicyclic amines) is 1. The molecule has 0 unspecified atom stereocenters. The zero-order chi connectivity index (χ0) is 13.1. The van der Waals surface area contributed by atoms with Crippen molar-refractivity contribution in [3.8, 4) is 0 Å². The fourth-order valence-corrected chi connectivity index (χ4v) is 3.02. The van der Waals surface area contributed by atoms with Crippen LogP contribution in [0.5, 0.6) is 0 Å². The first kappa shape index (κ1) is 13.3. The number of nitrogens with two attached hydrogens (primary N) is 1. The van der Waals surface area contributed by atoms with Gasteiger partial charge in [-0.15, -0.1) is 0 Å². The molecule has 2 N–H and O–H groups in total. The summed E-state index contributed by atoms with van der Waals surface area (Å²) in [6, 6.07) is 0. The summed E-state index contributed by atoms with van der Waals surface area (Å²) >= 11 is 1.27. The Bertz CT molecular complexity index is 425. The van der Waals surface area contributed by atoms with Gasteiger partial charge in [-0.25, -0.2) is 4.98 Å². The third kappa shape index (κ3) is 2.81. The lowest BCUT2D eigenvalue weighted by Gasteiger charge is -2.31. The molecule has 1 fully saturated rings. The van der Waals surface area contributed by atoms with Gasteiger partial charge in [-0.2, -0.15) is 0 Å². The van der Waals surface area contributed by atoms with Gasteiger partial charge in [0.15, 0.2) is 5.13 Å². The molecule has 1 saturated heterocycles. The molecule has 0 atom stereocenters. The van der Waals surface area contributed by atoms with Crippen LogP contribution in [-0.2, 0) is 4.74 Å². The van der Waals surface area contributed by atoms with E-state index in [9.17, 15) is 4.79 Å². The van der Waals surface area contributed by atoms with Crippen LogP contribution in [0, 0.1) is 6.92 Å². The molecule has 1 amide bonds. The van der Waals surface area contributed by atoms with E-state index in [-0.39, 0.29) is 5.91 Å². The van der Waals surface area contributed by atoms with E-state index in [0.29, 0.717) is 16.1 Å². The van der Waals surface area contributed by atoms with Gasteiger partial charge in [0.1, 0.15) is 4.88 Å². The molecular formula is C12H19N3O2S. The van der Waals surface area contributed by atoms with Crippen LogP contribution < -0.4 is 5.73 Å². The van der Waals surface area contributed by atoms with Gasteiger partial charge >= 0.3 is 0 Å². The summed E-state index contributed by atoms with van der Waals surface area (Å²) in [5.41, 5.74) is 6.36. The third-order valence-corrected chi connectivity index (χ3v) is 4.11. The van der Waals surface area contributed by atoms with Gasteiger partial charge in [-0.3, -0.25) is 4.79 Å². The molecule has 100 valence electrons. The molecule has 0 bridgehead atoms. The lowest BCUT2D eigenvalue weighted by molar-refractivity contribution is 0.0147. The molecule has 5 nitrogen and oxygen atoms in total. The molecule has 0 radical (unpaired) electrons. The van der Waals surface area contributed by atoms with E-state index in [1.54, 1.807) is 0 Å². The quantitative estimate of drug-likeness (QED) is 0.906. The number of amides is 1. The first-order valence-corrected chi connectivity index (χ1v) is 7.07. The standard InChI is InChI=1S/C12H19N3O2S/c1-3-17-9-4-6-15(7-5-9)11(16)10-8(2)14-12(13)18-10/h9H,3-7H2,1-2H3,(H2,13,14). The summed E-state index contributed by atoms with van der Waals surface area (Å²) < 4.78 is 5.58. The number of aryl methyl sites for hydroxylation is 1. The van der Waals surface area contributed by atoms with Gasteiger partial charge in [0, 0.05) is 19.7 Å². The van der Waals surface area contributed by atoms with Crippen molar-refractivity contribution in [2.75, 3.05) is 25.4 Å². The van der Waals surface area contributed by atoms with E-state index >= 15 is 0 Å². The largest absolute Gasteiger partial charge is 0.378 e. The highest BCUT2D eigenvalue weighted by atomic mass is 32.1. The first-order valence-electron chi connectivity index (χ1n) is 6.25. The molecule has 0 aromatic carbocycles. The van der Waals surface area contributed by atoms with E-state index in [0.717, 1.165) is 38.2 Å². The molecular weight excluding hydrogens is 250 g/mol. The van der Waals surface area contributed by atoms with Crippen LogP contribution in [0.1, 0.15) is 35.1 Å². The maximum absolute atomic E-state index is 12.3. The summed E-state index contributed by atoms with van der Waals surface area (Å²) in [6.07, 6.45) is 2.12. The average Bonchev–Trinajstić information content (AvgIpc) is 2.69. The number of piperidine rings is 1. The number of carbonyl (C=O) groups excluding carboxylic acids is 1. The highest BCUT2D eigenvalue weighted by molar-refractivity contribution is 7.17. The van der Waals surface area contributed by atoms with Crippen molar-refractivity contribution in [1.82, 2.24) is 9.88 Å². The third-order valence-electron chi connectivity index (χ3n) is 3.14. The van der Waals surface area contributed by atoms with E-state index in [1.807, 2.05) is 18.7 Å². The van der Waals surface area contributed by atoms with Crippen LogP contribution in [0.4, 0.5) is 5.13 Å². The average molecular weight is 269 g/mol. The Balaban J connectivity index is 1.97. The van der Waals surface area contributed by atoms with E-state index < -0.39 is 0 Å². The minimum absolute atomic E-state index is 0.0525. The van der Waals surface area contributed by atoms with Crippen molar-refractivity contribution in [2.24, 2.45) is 0 Å². The lowest BCUT2D eigenvalue weighted by Crippen LogP contribution is -2.40. The highest BCUT2D eigenvalue weighted by Gasteiger charge is 2.26. The lowest BCUT2D eigenvalue weighted by atomic mass is 10.1. The van der Waals surface area contributed by atoms with Crippen LogP contribution in [0.25, 0.3) is 0 Å². The fourth-order valence-electron chi connectivity index (χ4n) is 2.22. The fraction of sp³-hybridized carbons (Fsp3) is 0.667. The van der Waals surface area contributed by atoms with E-state index in [2.05, 4.69) is 4.98 Å². The zero-order valence-corrected chi connectivity index (χ0v) is 11.6. The number of aromatic nitrogens is 1. The number of hydrogen-bond donors (Lipinski definition) is 1. The second-order valence-electron chi connectivity index (χ2n) is 4.41. The second-order valence-corrected chi connectivity index (χ2v) is 5.44. The molecule has 0 saturated carbocycles. The topological polar surface area (TPSA) is 68.5 Å². The smallest absolute Gasteiger partial charge is 0.265 e. The monoisotopic (exact) mass is 269 g/mol. The highest BCUT2D eigenvalue weighted by Crippen LogP contribution is 2.23. The van der Waals surface area contributed by atoms with E-state index in [1.165, 1.54) is 11.3 Å². The SMILES string of the molecule is CCOC1CCN(C(=O)c2sc(N)nc2C)CC1. The van der Waals surface area contributed by atoms with Crippen LogP contribution in [-0.4, -0.2) is 41.6 Å². The number of thiazole rings is 1. The Morgan fingerprint density at radius 2 is 2.22 bits per heavy atom. The Morgan fingerprint density at radius 1 is 1.56 bits per heavy atom. The first-order chi connectivity index (χ1) is 8.61. The second kappa shape index (κ2) is 5.67. The van der Waals surface area contributed by atoms with Gasteiger partial charge in [0.05, 0.1) is 11.8 Å². The van der Waals surface area contributed by atoms with E-state index in [4.69, 9.17) is 10.5 Å². The van der Waals surface area contributed by atoms with Crippen molar-refractivity contribution in [1.29, 1.82) is 0 Å². The molecule has 18 heavy (non-hydrogen) atoms. The predicted octanol–water partition coefficient (Wildman–Crippen LogP) is 1.67. The van der Waals surface area contributed by atoms with Crippen LogP contribution in [0.15, 0.2) is 0 Å². The number of carbonyl (C=O) groups is 1. The van der Waals surface area contributed by atoms with Crippen LogP contribution >= 0.6 is 11.3 Å². The summed E-state index contributed by atoms with van der Waals surface area (Å²) in [6.45, 7) is 6.07. The minimum atomic E-state index is 0.0525. The molecule has 1 aromatic rings. The number of nitrogens with zero attached hydrogens (tertiary/aromatic N) is 2.